The first-order valence-corrected chi connectivity index (χ1v) is 14.9. The molecule has 19 heteroatoms. The lowest BCUT2D eigenvalue weighted by Gasteiger charge is -2.44. The lowest BCUT2D eigenvalue weighted by molar-refractivity contribution is -0.367. The number of ether oxygens (including phenoxy) is 1. The molecule has 1 aromatic rings. The number of unbranched alkanes of at least 4 members (excludes halogenated alkanes) is 1. The summed E-state index contributed by atoms with van der Waals surface area (Å²) in [5.41, 5.74) is -3.23. The Morgan fingerprint density at radius 1 is 0.955 bits per heavy atom. The van der Waals surface area contributed by atoms with E-state index in [0.717, 1.165) is 22.8 Å². The number of rotatable bonds is 10. The predicted octanol–water partition coefficient (Wildman–Crippen LogP) is 2.85. The lowest BCUT2D eigenvalue weighted by atomic mass is 9.92. The number of halogens is 7. The largest absolute Gasteiger partial charge is 0.494 e. The van der Waals surface area contributed by atoms with Gasteiger partial charge in [-0.2, -0.15) is 30.6 Å². The zero-order chi connectivity index (χ0) is 32.3. The Balaban J connectivity index is 0.00000675. The summed E-state index contributed by atoms with van der Waals surface area (Å²) in [5.74, 6) is -2.40. The van der Waals surface area contributed by atoms with Crippen LogP contribution in [0.3, 0.4) is 0 Å². The summed E-state index contributed by atoms with van der Waals surface area (Å²) in [6, 6.07) is 7.21. The smallest absolute Gasteiger partial charge is 0.426 e. The highest BCUT2D eigenvalue weighted by molar-refractivity contribution is 7.91. The second-order valence-electron chi connectivity index (χ2n) is 10.4. The number of amides is 2. The monoisotopic (exact) mass is 684 g/mol. The van der Waals surface area contributed by atoms with Gasteiger partial charge in [0.15, 0.2) is 4.75 Å². The molecule has 2 aliphatic heterocycles. The van der Waals surface area contributed by atoms with Crippen LogP contribution < -0.4 is 15.1 Å². The molecule has 2 heterocycles. The molecule has 252 valence electrons. The van der Waals surface area contributed by atoms with Gasteiger partial charge in [-0.3, -0.25) is 14.8 Å². The van der Waals surface area contributed by atoms with Crippen LogP contribution in [0.4, 0.5) is 32.0 Å². The summed E-state index contributed by atoms with van der Waals surface area (Å²) in [7, 11) is -4.55. The van der Waals surface area contributed by atoms with E-state index < -0.39 is 76.9 Å². The highest BCUT2D eigenvalue weighted by atomic mass is 35.5. The van der Waals surface area contributed by atoms with E-state index in [2.05, 4.69) is 0 Å². The molecule has 11 nitrogen and oxygen atoms in total. The summed E-state index contributed by atoms with van der Waals surface area (Å²) in [6.07, 6.45) is -14.4. The van der Waals surface area contributed by atoms with E-state index in [-0.39, 0.29) is 38.6 Å². The lowest BCUT2D eigenvalue weighted by Crippen LogP contribution is -2.64. The first-order valence-electron chi connectivity index (χ1n) is 13.5. The van der Waals surface area contributed by atoms with E-state index in [1.807, 2.05) is 24.0 Å². The number of hydrogen-bond acceptors (Lipinski definition) is 8. The van der Waals surface area contributed by atoms with Gasteiger partial charge in [0.25, 0.3) is 11.5 Å². The SMILES string of the molecule is CCCCOc1ccc(N2CCN(S(=O)(=O)C3(C(=O)NO)CCN(C(=O)CC(O)(C(F)(F)F)C(F)(F)F)CC3)CC2)cc1.Cl. The zero-order valence-corrected chi connectivity index (χ0v) is 25.3. The summed E-state index contributed by atoms with van der Waals surface area (Å²) >= 11 is 0. The molecule has 0 aliphatic carbocycles. The number of carbonyl (C=O) groups excluding carboxylic acids is 2. The summed E-state index contributed by atoms with van der Waals surface area (Å²) < 4.78 is 110. The number of piperazine rings is 1. The Morgan fingerprint density at radius 3 is 1.93 bits per heavy atom. The fourth-order valence-electron chi connectivity index (χ4n) is 5.03. The molecule has 0 aromatic heterocycles. The second-order valence-corrected chi connectivity index (χ2v) is 12.7. The van der Waals surface area contributed by atoms with Crippen molar-refractivity contribution in [3.05, 3.63) is 24.3 Å². The number of aliphatic hydroxyl groups is 1. The Kier molecular flexibility index (Phi) is 12.2. The molecule has 0 saturated carbocycles. The average molecular weight is 685 g/mol. The minimum atomic E-state index is -6.22. The average Bonchev–Trinajstić information content (AvgIpc) is 2.96. The molecule has 1 aromatic carbocycles. The topological polar surface area (TPSA) is 140 Å². The number of anilines is 1. The van der Waals surface area contributed by atoms with E-state index in [4.69, 9.17) is 4.74 Å². The van der Waals surface area contributed by atoms with Gasteiger partial charge < -0.3 is 19.6 Å². The van der Waals surface area contributed by atoms with Crippen LogP contribution in [0.5, 0.6) is 5.75 Å². The van der Waals surface area contributed by atoms with Crippen LogP contribution in [-0.4, -0.2) is 108 Å². The Labute approximate surface area is 256 Å². The highest BCUT2D eigenvalue weighted by Gasteiger charge is 2.71. The van der Waals surface area contributed by atoms with Crippen molar-refractivity contribution in [3.63, 3.8) is 0 Å². The molecule has 0 atom stereocenters. The minimum absolute atomic E-state index is 0. The van der Waals surface area contributed by atoms with Gasteiger partial charge in [0.05, 0.1) is 13.0 Å². The fraction of sp³-hybridized carbons (Fsp3) is 0.680. The van der Waals surface area contributed by atoms with Crippen molar-refractivity contribution in [2.24, 2.45) is 0 Å². The van der Waals surface area contributed by atoms with Crippen molar-refractivity contribution in [3.8, 4) is 5.75 Å². The number of nitrogens with zero attached hydrogens (tertiary/aromatic N) is 3. The molecule has 0 bridgehead atoms. The summed E-state index contributed by atoms with van der Waals surface area (Å²) in [4.78, 5) is 27.6. The van der Waals surface area contributed by atoms with Crippen molar-refractivity contribution in [2.45, 2.75) is 61.7 Å². The van der Waals surface area contributed by atoms with E-state index in [0.29, 0.717) is 17.3 Å². The predicted molar refractivity (Wildman–Crippen MR) is 147 cm³/mol. The van der Waals surface area contributed by atoms with Gasteiger partial charge >= 0.3 is 12.4 Å². The number of hydroxylamine groups is 1. The van der Waals surface area contributed by atoms with Crippen LogP contribution in [-0.2, 0) is 19.6 Å². The fourth-order valence-corrected chi connectivity index (χ4v) is 7.15. The first-order chi connectivity index (χ1) is 19.9. The molecule has 3 rings (SSSR count). The van der Waals surface area contributed by atoms with Crippen LogP contribution in [0.25, 0.3) is 0 Å². The zero-order valence-electron chi connectivity index (χ0n) is 23.7. The van der Waals surface area contributed by atoms with Crippen molar-refractivity contribution in [2.75, 3.05) is 50.8 Å². The number of likely N-dealkylation sites (tertiary alicyclic amines) is 1. The van der Waals surface area contributed by atoms with Crippen molar-refractivity contribution in [1.29, 1.82) is 0 Å². The Morgan fingerprint density at radius 2 is 1.48 bits per heavy atom. The molecule has 2 fully saturated rings. The summed E-state index contributed by atoms with van der Waals surface area (Å²) in [5, 5.41) is 18.7. The van der Waals surface area contributed by atoms with Gasteiger partial charge in [0.2, 0.25) is 15.9 Å². The third-order valence-electron chi connectivity index (χ3n) is 7.82. The van der Waals surface area contributed by atoms with Crippen LogP contribution in [0, 0.1) is 0 Å². The van der Waals surface area contributed by atoms with Gasteiger partial charge in [-0.15, -0.1) is 12.4 Å². The van der Waals surface area contributed by atoms with Gasteiger partial charge in [-0.25, -0.2) is 13.9 Å². The normalized spacial score (nSPS) is 18.4. The van der Waals surface area contributed by atoms with Crippen LogP contribution >= 0.6 is 12.4 Å². The molecule has 44 heavy (non-hydrogen) atoms. The van der Waals surface area contributed by atoms with E-state index in [1.165, 1.54) is 5.48 Å². The number of hydrogen-bond donors (Lipinski definition) is 3. The van der Waals surface area contributed by atoms with Gasteiger partial charge in [0.1, 0.15) is 5.75 Å². The van der Waals surface area contributed by atoms with E-state index in [9.17, 15) is 54.7 Å². The Bertz CT molecular complexity index is 1220. The molecule has 0 radical (unpaired) electrons. The number of sulfonamides is 1. The quantitative estimate of drug-likeness (QED) is 0.148. The molecule has 2 aliphatic rings. The van der Waals surface area contributed by atoms with E-state index in [1.54, 1.807) is 12.1 Å². The van der Waals surface area contributed by atoms with Crippen LogP contribution in [0.1, 0.15) is 39.0 Å². The molecular weight excluding hydrogens is 650 g/mol. The van der Waals surface area contributed by atoms with Gasteiger partial charge in [-0.05, 0) is 43.5 Å². The number of piperidine rings is 1. The molecule has 2 amide bonds. The molecule has 2 saturated heterocycles. The highest BCUT2D eigenvalue weighted by Crippen LogP contribution is 2.46. The maximum atomic E-state index is 13.7. The van der Waals surface area contributed by atoms with Gasteiger partial charge in [0, 0.05) is 45.0 Å². The Hall–Kier alpha value is -2.54. The number of benzene rings is 1. The standard InChI is InChI=1S/C25H34F6N4O7S.ClH/c1-2-3-16-42-19-6-4-18(5-7-19)33-12-14-35(15-13-33)43(40,41)22(21(37)32-39)8-10-34(11-9-22)20(36)17-23(38,24(26,27)28)25(29,30)31;/h4-7,38-39H,2-3,8-17H2,1H3,(H,32,37);1H. The molecule has 3 N–H and O–H groups in total. The van der Waals surface area contributed by atoms with Crippen molar-refractivity contribution >= 4 is 39.9 Å². The maximum Gasteiger partial charge on any atom is 0.426 e. The third kappa shape index (κ3) is 7.46. The van der Waals surface area contributed by atoms with Crippen molar-refractivity contribution in [1.82, 2.24) is 14.7 Å². The van der Waals surface area contributed by atoms with Crippen LogP contribution in [0.2, 0.25) is 0 Å². The van der Waals surface area contributed by atoms with Crippen LogP contribution in [0.15, 0.2) is 24.3 Å². The second kappa shape index (κ2) is 14.3. The van der Waals surface area contributed by atoms with Crippen molar-refractivity contribution < 1.29 is 59.4 Å². The number of alkyl halides is 6. The van der Waals surface area contributed by atoms with Gasteiger partial charge in [-0.1, -0.05) is 13.3 Å². The molecule has 0 unspecified atom stereocenters. The van der Waals surface area contributed by atoms with E-state index >= 15 is 0 Å². The number of nitrogens with one attached hydrogen (secondary N) is 1. The maximum absolute atomic E-state index is 13.7. The summed E-state index contributed by atoms with van der Waals surface area (Å²) in [6.45, 7) is 1.50. The third-order valence-corrected chi connectivity index (χ3v) is 10.5. The number of carbonyl (C=O) groups is 2. The molecular formula is C25H35ClF6N4O7S. The first kappa shape index (κ1) is 37.6. The minimum Gasteiger partial charge on any atom is -0.494 e. The molecule has 0 spiro atoms.